The smallest absolute Gasteiger partial charge is 0.354 e. The first-order chi connectivity index (χ1) is 13.6. The van der Waals surface area contributed by atoms with Gasteiger partial charge in [-0.3, -0.25) is 4.72 Å². The maximum absolute atomic E-state index is 12.8. The average Bonchev–Trinajstić information content (AvgIpc) is 2.69. The highest BCUT2D eigenvalue weighted by molar-refractivity contribution is 7.92. The predicted molar refractivity (Wildman–Crippen MR) is 106 cm³/mol. The Kier molecular flexibility index (Phi) is 6.04. The fourth-order valence-corrected chi connectivity index (χ4v) is 4.17. The summed E-state index contributed by atoms with van der Waals surface area (Å²) in [7, 11) is -3.95. The number of hydrogen-bond acceptors (Lipinski definition) is 5. The SMILES string of the molecule is Cc1nc(N2CCNCC2)ccc1NS(=O)(=O)c1ccc([C@@H](C)C(F)(F)F)cc1. The molecule has 6 nitrogen and oxygen atoms in total. The third-order valence-electron chi connectivity index (χ3n) is 4.94. The molecule has 3 rings (SSSR count). The average molecular weight is 428 g/mol. The van der Waals surface area contributed by atoms with Crippen molar-refractivity contribution in [1.29, 1.82) is 0 Å². The lowest BCUT2D eigenvalue weighted by Crippen LogP contribution is -2.43. The van der Waals surface area contributed by atoms with Gasteiger partial charge in [0.2, 0.25) is 0 Å². The second kappa shape index (κ2) is 8.19. The molecular formula is C19H23F3N4O2S. The van der Waals surface area contributed by atoms with Crippen LogP contribution >= 0.6 is 0 Å². The molecule has 1 atom stereocenters. The van der Waals surface area contributed by atoms with Crippen LogP contribution in [0.5, 0.6) is 0 Å². The number of anilines is 2. The van der Waals surface area contributed by atoms with Gasteiger partial charge in [-0.25, -0.2) is 13.4 Å². The van der Waals surface area contributed by atoms with Gasteiger partial charge in [0, 0.05) is 26.2 Å². The van der Waals surface area contributed by atoms with E-state index in [1.807, 2.05) is 0 Å². The summed E-state index contributed by atoms with van der Waals surface area (Å²) in [6, 6.07) is 8.13. The quantitative estimate of drug-likeness (QED) is 0.765. The highest BCUT2D eigenvalue weighted by atomic mass is 32.2. The summed E-state index contributed by atoms with van der Waals surface area (Å²) in [4.78, 5) is 6.49. The number of benzene rings is 1. The van der Waals surface area contributed by atoms with Crippen molar-refractivity contribution in [2.24, 2.45) is 0 Å². The highest BCUT2D eigenvalue weighted by Crippen LogP contribution is 2.34. The van der Waals surface area contributed by atoms with Gasteiger partial charge in [0.25, 0.3) is 10.0 Å². The predicted octanol–water partition coefficient (Wildman–Crippen LogP) is 3.27. The minimum atomic E-state index is -4.38. The Balaban J connectivity index is 1.77. The van der Waals surface area contributed by atoms with E-state index in [2.05, 4.69) is 19.9 Å². The van der Waals surface area contributed by atoms with E-state index in [-0.39, 0.29) is 10.5 Å². The lowest BCUT2D eigenvalue weighted by molar-refractivity contribution is -0.146. The molecule has 2 heterocycles. The summed E-state index contributed by atoms with van der Waals surface area (Å²) >= 11 is 0. The van der Waals surface area contributed by atoms with Crippen LogP contribution < -0.4 is 14.9 Å². The van der Waals surface area contributed by atoms with Crippen LogP contribution in [0.1, 0.15) is 24.1 Å². The standard InChI is InChI=1S/C19H23F3N4O2S/c1-13(19(20,21)22)15-3-5-16(6-4-15)29(27,28)25-17-7-8-18(24-14(17)2)26-11-9-23-10-12-26/h3-8,13,23,25H,9-12H2,1-2H3/t13-/m1/s1. The van der Waals surface area contributed by atoms with Gasteiger partial charge in [0.15, 0.2) is 0 Å². The number of aryl methyl sites for hydroxylation is 1. The number of aromatic nitrogens is 1. The van der Waals surface area contributed by atoms with E-state index in [1.165, 1.54) is 24.3 Å². The zero-order valence-corrected chi connectivity index (χ0v) is 16.9. The number of hydrogen-bond donors (Lipinski definition) is 2. The van der Waals surface area contributed by atoms with E-state index in [0.717, 1.165) is 38.9 Å². The largest absolute Gasteiger partial charge is 0.395 e. The first-order valence-corrected chi connectivity index (χ1v) is 10.7. The Hall–Kier alpha value is -2.33. The Morgan fingerprint density at radius 3 is 2.28 bits per heavy atom. The Labute approximate surface area is 168 Å². The molecule has 0 radical (unpaired) electrons. The summed E-state index contributed by atoms with van der Waals surface area (Å²) in [5.41, 5.74) is 0.859. The Morgan fingerprint density at radius 2 is 1.72 bits per heavy atom. The molecule has 0 saturated carbocycles. The van der Waals surface area contributed by atoms with Gasteiger partial charge < -0.3 is 10.2 Å². The van der Waals surface area contributed by atoms with Crippen LogP contribution in [0, 0.1) is 6.92 Å². The number of rotatable bonds is 5. The van der Waals surface area contributed by atoms with Gasteiger partial charge in [-0.2, -0.15) is 13.2 Å². The molecule has 0 spiro atoms. The van der Waals surface area contributed by atoms with Crippen molar-refractivity contribution < 1.29 is 21.6 Å². The topological polar surface area (TPSA) is 74.3 Å². The van der Waals surface area contributed by atoms with Crippen molar-refractivity contribution in [3.8, 4) is 0 Å². The molecule has 0 bridgehead atoms. The number of nitrogens with one attached hydrogen (secondary N) is 2. The zero-order valence-electron chi connectivity index (χ0n) is 16.1. The molecule has 2 N–H and O–H groups in total. The zero-order chi connectivity index (χ0) is 21.2. The molecule has 1 aliphatic rings. The van der Waals surface area contributed by atoms with Crippen LogP contribution in [0.4, 0.5) is 24.7 Å². The second-order valence-corrected chi connectivity index (χ2v) is 8.66. The van der Waals surface area contributed by atoms with Gasteiger partial charge in [0.05, 0.1) is 22.2 Å². The molecule has 2 aromatic rings. The fourth-order valence-electron chi connectivity index (χ4n) is 3.05. The van der Waals surface area contributed by atoms with Crippen LogP contribution in [0.15, 0.2) is 41.3 Å². The van der Waals surface area contributed by atoms with E-state index in [0.29, 0.717) is 11.4 Å². The van der Waals surface area contributed by atoms with Crippen molar-refractivity contribution in [3.05, 3.63) is 47.7 Å². The molecular weight excluding hydrogens is 405 g/mol. The third-order valence-corrected chi connectivity index (χ3v) is 6.32. The molecule has 0 aliphatic carbocycles. The van der Waals surface area contributed by atoms with Crippen molar-refractivity contribution >= 4 is 21.5 Å². The Bertz CT molecular complexity index is 956. The van der Waals surface area contributed by atoms with E-state index in [4.69, 9.17) is 0 Å². The maximum atomic E-state index is 12.8. The summed E-state index contributed by atoms with van der Waals surface area (Å²) in [6.45, 7) is 6.10. The van der Waals surface area contributed by atoms with Crippen molar-refractivity contribution in [2.45, 2.75) is 30.8 Å². The summed E-state index contributed by atoms with van der Waals surface area (Å²) in [5.74, 6) is -0.895. The number of alkyl halides is 3. The van der Waals surface area contributed by atoms with Crippen molar-refractivity contribution in [2.75, 3.05) is 35.8 Å². The van der Waals surface area contributed by atoms with Crippen LogP contribution in [0.3, 0.4) is 0 Å². The lowest BCUT2D eigenvalue weighted by atomic mass is 10.0. The van der Waals surface area contributed by atoms with E-state index in [1.54, 1.807) is 19.1 Å². The van der Waals surface area contributed by atoms with Crippen LogP contribution in [-0.4, -0.2) is 45.8 Å². The number of halogens is 3. The lowest BCUT2D eigenvalue weighted by Gasteiger charge is -2.28. The fraction of sp³-hybridized carbons (Fsp3) is 0.421. The number of nitrogens with zero attached hydrogens (tertiary/aromatic N) is 2. The molecule has 158 valence electrons. The molecule has 1 fully saturated rings. The minimum absolute atomic E-state index is 0.00896. The second-order valence-electron chi connectivity index (χ2n) is 6.98. The molecule has 1 saturated heterocycles. The normalized spacial score (nSPS) is 16.5. The van der Waals surface area contributed by atoms with Crippen LogP contribution in [0.25, 0.3) is 0 Å². The van der Waals surface area contributed by atoms with Crippen LogP contribution in [0.2, 0.25) is 0 Å². The van der Waals surface area contributed by atoms with Gasteiger partial charge >= 0.3 is 6.18 Å². The number of piperazine rings is 1. The summed E-state index contributed by atoms with van der Waals surface area (Å²) < 4.78 is 66.2. The summed E-state index contributed by atoms with van der Waals surface area (Å²) in [5, 5.41) is 3.26. The first kappa shape index (κ1) is 21.4. The molecule has 10 heteroatoms. The summed E-state index contributed by atoms with van der Waals surface area (Å²) in [6.07, 6.45) is -4.38. The highest BCUT2D eigenvalue weighted by Gasteiger charge is 2.37. The van der Waals surface area contributed by atoms with E-state index < -0.39 is 22.1 Å². The number of pyridine rings is 1. The van der Waals surface area contributed by atoms with E-state index in [9.17, 15) is 21.6 Å². The molecule has 0 unspecified atom stereocenters. The molecule has 1 aliphatic heterocycles. The van der Waals surface area contributed by atoms with Crippen molar-refractivity contribution in [1.82, 2.24) is 10.3 Å². The molecule has 1 aromatic carbocycles. The van der Waals surface area contributed by atoms with Crippen molar-refractivity contribution in [3.63, 3.8) is 0 Å². The van der Waals surface area contributed by atoms with Gasteiger partial charge in [-0.05, 0) is 43.7 Å². The van der Waals surface area contributed by atoms with E-state index >= 15 is 0 Å². The Morgan fingerprint density at radius 1 is 1.10 bits per heavy atom. The van der Waals surface area contributed by atoms with Gasteiger partial charge in [0.1, 0.15) is 5.82 Å². The molecule has 0 amide bonds. The maximum Gasteiger partial charge on any atom is 0.395 e. The van der Waals surface area contributed by atoms with Gasteiger partial charge in [-0.15, -0.1) is 0 Å². The van der Waals surface area contributed by atoms with Gasteiger partial charge in [-0.1, -0.05) is 12.1 Å². The monoisotopic (exact) mass is 428 g/mol. The molecule has 1 aromatic heterocycles. The number of sulfonamides is 1. The first-order valence-electron chi connectivity index (χ1n) is 9.21. The molecule has 29 heavy (non-hydrogen) atoms. The minimum Gasteiger partial charge on any atom is -0.354 e. The van der Waals surface area contributed by atoms with Crippen LogP contribution in [-0.2, 0) is 10.0 Å². The third kappa shape index (κ3) is 4.99.